The molecule has 1 unspecified atom stereocenters. The number of hydrogen-bond donors (Lipinski definition) is 2. The van der Waals surface area contributed by atoms with E-state index in [0.717, 1.165) is 61.0 Å². The predicted molar refractivity (Wildman–Crippen MR) is 141 cm³/mol. The van der Waals surface area contributed by atoms with Crippen LogP contribution in [0.15, 0.2) is 47.3 Å². The van der Waals surface area contributed by atoms with E-state index in [-0.39, 0.29) is 5.69 Å². The molecule has 1 saturated heterocycles. The number of anilines is 1. The number of para-hydroxylation sites is 1. The Morgan fingerprint density at radius 1 is 1.18 bits per heavy atom. The number of carbonyl (C=O) groups excluding carboxylic acids is 1. The molecule has 2 aromatic carbocycles. The highest BCUT2D eigenvalue weighted by Gasteiger charge is 2.25. The van der Waals surface area contributed by atoms with E-state index in [1.165, 1.54) is 12.1 Å². The number of piperidine rings is 1. The monoisotopic (exact) mass is 520 g/mol. The van der Waals surface area contributed by atoms with Gasteiger partial charge in [0.1, 0.15) is 36.2 Å². The van der Waals surface area contributed by atoms with Gasteiger partial charge in [-0.15, -0.1) is 0 Å². The van der Waals surface area contributed by atoms with Crippen LogP contribution >= 0.6 is 0 Å². The zero-order valence-corrected chi connectivity index (χ0v) is 21.3. The van der Waals surface area contributed by atoms with Crippen LogP contribution in [0.25, 0.3) is 16.7 Å². The lowest BCUT2D eigenvalue weighted by Crippen LogP contribution is -2.32. The summed E-state index contributed by atoms with van der Waals surface area (Å²) in [6.45, 7) is 3.77. The standard InChI is InChI=1S/C27H27F2N7O2/c1-16-31-24-22(35(16)3)11-9-20(26(24)34(2)15-17-6-5-13-30-14-17)32-27(38)21-10-12-23(37)36(33-21)25-18(28)7-4-8-19(25)29/h4,7-12,15,17,30H,5-6,13-14H2,1-3H3/p+1/b34-15+. The Hall–Kier alpha value is -4.25. The minimum absolute atomic E-state index is 0.182. The molecule has 1 aliphatic rings. The van der Waals surface area contributed by atoms with E-state index < -0.39 is 28.8 Å². The minimum Gasteiger partial charge on any atom is -0.331 e. The third kappa shape index (κ3) is 4.72. The van der Waals surface area contributed by atoms with Crippen molar-refractivity contribution in [2.24, 2.45) is 13.0 Å². The van der Waals surface area contributed by atoms with Gasteiger partial charge in [0.25, 0.3) is 17.2 Å². The molecule has 1 aliphatic heterocycles. The second kappa shape index (κ2) is 10.3. The Kier molecular flexibility index (Phi) is 6.85. The fourth-order valence-electron chi connectivity index (χ4n) is 4.79. The summed E-state index contributed by atoms with van der Waals surface area (Å²) in [5.41, 5.74) is 1.22. The molecule has 0 saturated carbocycles. The highest BCUT2D eigenvalue weighted by atomic mass is 19.1. The number of carbonyl (C=O) groups is 1. The maximum absolute atomic E-state index is 14.4. The summed E-state index contributed by atoms with van der Waals surface area (Å²) in [7, 11) is 3.85. The van der Waals surface area contributed by atoms with Crippen molar-refractivity contribution in [3.8, 4) is 5.69 Å². The van der Waals surface area contributed by atoms with Crippen molar-refractivity contribution in [3.05, 3.63) is 76.0 Å². The number of nitrogens with zero attached hydrogens (tertiary/aromatic N) is 5. The summed E-state index contributed by atoms with van der Waals surface area (Å²) in [6.07, 6.45) is 4.25. The first-order valence-corrected chi connectivity index (χ1v) is 12.4. The summed E-state index contributed by atoms with van der Waals surface area (Å²) in [4.78, 5) is 30.4. The highest BCUT2D eigenvalue weighted by Crippen LogP contribution is 2.33. The van der Waals surface area contributed by atoms with Gasteiger partial charge in [0.2, 0.25) is 0 Å². The Bertz CT molecular complexity index is 1610. The third-order valence-electron chi connectivity index (χ3n) is 6.80. The molecule has 9 nitrogen and oxygen atoms in total. The molecule has 11 heteroatoms. The van der Waals surface area contributed by atoms with Crippen molar-refractivity contribution >= 4 is 34.5 Å². The molecule has 0 bridgehead atoms. The van der Waals surface area contributed by atoms with Gasteiger partial charge in [-0.05, 0) is 56.6 Å². The number of aryl methyl sites for hydroxylation is 2. The Morgan fingerprint density at radius 2 is 1.95 bits per heavy atom. The van der Waals surface area contributed by atoms with Gasteiger partial charge in [0, 0.05) is 25.6 Å². The Labute approximate surface area is 217 Å². The van der Waals surface area contributed by atoms with E-state index in [1.54, 1.807) is 6.07 Å². The van der Waals surface area contributed by atoms with Crippen molar-refractivity contribution in [1.82, 2.24) is 24.6 Å². The van der Waals surface area contributed by atoms with E-state index >= 15 is 0 Å². The molecule has 1 atom stereocenters. The fourth-order valence-corrected chi connectivity index (χ4v) is 4.79. The maximum atomic E-state index is 14.4. The molecule has 2 N–H and O–H groups in total. The second-order valence-corrected chi connectivity index (χ2v) is 9.41. The van der Waals surface area contributed by atoms with Gasteiger partial charge in [0.15, 0.2) is 17.2 Å². The average Bonchev–Trinajstić information content (AvgIpc) is 3.18. The van der Waals surface area contributed by atoms with Crippen LogP contribution in [0.1, 0.15) is 29.2 Å². The average molecular weight is 521 g/mol. The van der Waals surface area contributed by atoms with Gasteiger partial charge in [-0.1, -0.05) is 6.07 Å². The molecule has 2 aromatic heterocycles. The number of halogens is 2. The van der Waals surface area contributed by atoms with Crippen LogP contribution in [0.4, 0.5) is 20.2 Å². The minimum atomic E-state index is -0.968. The molecule has 5 rings (SSSR count). The normalized spacial score (nSPS) is 16.1. The fraction of sp³-hybridized carbons (Fsp3) is 0.296. The molecule has 0 radical (unpaired) electrons. The molecule has 0 spiro atoms. The SMILES string of the molecule is Cc1nc2c(/[N+](C)=C/C3CCCNC3)c(NC(=O)c3ccc(=O)n(-c4c(F)cccc4F)n3)ccc2n1C. The van der Waals surface area contributed by atoms with Crippen LogP contribution in [-0.4, -0.2) is 56.2 Å². The molecule has 196 valence electrons. The van der Waals surface area contributed by atoms with E-state index in [9.17, 15) is 18.4 Å². The zero-order valence-electron chi connectivity index (χ0n) is 21.3. The van der Waals surface area contributed by atoms with Crippen LogP contribution in [0.3, 0.4) is 0 Å². The summed E-state index contributed by atoms with van der Waals surface area (Å²) < 4.78 is 33.2. The van der Waals surface area contributed by atoms with Crippen molar-refractivity contribution in [2.45, 2.75) is 19.8 Å². The van der Waals surface area contributed by atoms with Crippen molar-refractivity contribution in [2.75, 3.05) is 25.5 Å². The van der Waals surface area contributed by atoms with E-state index in [2.05, 4.69) is 21.9 Å². The molecule has 4 aromatic rings. The maximum Gasteiger partial charge on any atom is 0.276 e. The number of benzene rings is 2. The van der Waals surface area contributed by atoms with Crippen LogP contribution in [0, 0.1) is 24.5 Å². The number of aromatic nitrogens is 4. The lowest BCUT2D eigenvalue weighted by atomic mass is 10.0. The lowest BCUT2D eigenvalue weighted by Gasteiger charge is -2.18. The largest absolute Gasteiger partial charge is 0.331 e. The molecule has 3 heterocycles. The third-order valence-corrected chi connectivity index (χ3v) is 6.80. The Morgan fingerprint density at radius 3 is 2.66 bits per heavy atom. The van der Waals surface area contributed by atoms with Crippen LogP contribution in [0.5, 0.6) is 0 Å². The summed E-state index contributed by atoms with van der Waals surface area (Å²) >= 11 is 0. The second-order valence-electron chi connectivity index (χ2n) is 9.41. The van der Waals surface area contributed by atoms with Crippen molar-refractivity contribution in [1.29, 1.82) is 0 Å². The van der Waals surface area contributed by atoms with Crippen LogP contribution in [-0.2, 0) is 7.05 Å². The highest BCUT2D eigenvalue weighted by molar-refractivity contribution is 6.06. The smallest absolute Gasteiger partial charge is 0.276 e. The number of fused-ring (bicyclic) bond motifs is 1. The van der Waals surface area contributed by atoms with Gasteiger partial charge in [-0.25, -0.2) is 18.3 Å². The quantitative estimate of drug-likeness (QED) is 0.311. The molecule has 1 amide bonds. The molecule has 38 heavy (non-hydrogen) atoms. The summed E-state index contributed by atoms with van der Waals surface area (Å²) in [6, 6.07) is 9.15. The summed E-state index contributed by atoms with van der Waals surface area (Å²) in [5.74, 6) is -1.44. The van der Waals surface area contributed by atoms with Gasteiger partial charge in [-0.2, -0.15) is 9.78 Å². The van der Waals surface area contributed by atoms with E-state index in [0.29, 0.717) is 22.0 Å². The predicted octanol–water partition coefficient (Wildman–Crippen LogP) is 3.30. The first-order valence-electron chi connectivity index (χ1n) is 12.4. The summed E-state index contributed by atoms with van der Waals surface area (Å²) in [5, 5.41) is 10.2. The van der Waals surface area contributed by atoms with E-state index in [4.69, 9.17) is 4.98 Å². The topological polar surface area (TPSA) is 96.8 Å². The molecular formula is C27H28F2N7O2+. The molecular weight excluding hydrogens is 492 g/mol. The first-order chi connectivity index (χ1) is 18.2. The Balaban J connectivity index is 1.56. The number of amides is 1. The van der Waals surface area contributed by atoms with Gasteiger partial charge >= 0.3 is 0 Å². The van der Waals surface area contributed by atoms with Gasteiger partial charge < -0.3 is 15.2 Å². The molecule has 1 fully saturated rings. The van der Waals surface area contributed by atoms with Crippen LogP contribution in [0.2, 0.25) is 0 Å². The van der Waals surface area contributed by atoms with Crippen LogP contribution < -0.4 is 16.2 Å². The molecule has 0 aliphatic carbocycles. The number of imidazole rings is 1. The number of nitrogens with one attached hydrogen (secondary N) is 2. The van der Waals surface area contributed by atoms with Crippen molar-refractivity contribution < 1.29 is 18.2 Å². The number of hydrogen-bond acceptors (Lipinski definition) is 5. The zero-order chi connectivity index (χ0) is 27.0. The number of rotatable bonds is 5. The lowest BCUT2D eigenvalue weighted by molar-refractivity contribution is -0.399. The first kappa shape index (κ1) is 25.4. The van der Waals surface area contributed by atoms with E-state index in [1.807, 2.05) is 36.2 Å². The van der Waals surface area contributed by atoms with Gasteiger partial charge in [0.05, 0.1) is 5.52 Å². The van der Waals surface area contributed by atoms with Crippen molar-refractivity contribution in [3.63, 3.8) is 0 Å². The van der Waals surface area contributed by atoms with Gasteiger partial charge in [-0.3, -0.25) is 9.59 Å².